The zero-order chi connectivity index (χ0) is 17.0. The van der Waals surface area contributed by atoms with Gasteiger partial charge in [-0.15, -0.1) is 0 Å². The Bertz CT molecular complexity index is 716. The molecule has 0 spiro atoms. The minimum Gasteiger partial charge on any atom is -0.496 e. The van der Waals surface area contributed by atoms with Crippen LogP contribution in [-0.2, 0) is 6.54 Å². The molecule has 0 bridgehead atoms. The number of nitrogens with zero attached hydrogens (tertiary/aromatic N) is 3. The van der Waals surface area contributed by atoms with Crippen molar-refractivity contribution in [3.05, 3.63) is 46.9 Å². The Labute approximate surface area is 136 Å². The summed E-state index contributed by atoms with van der Waals surface area (Å²) in [6.07, 6.45) is 3.34. The molecule has 0 unspecified atom stereocenters. The molecule has 0 aliphatic rings. The van der Waals surface area contributed by atoms with Gasteiger partial charge in [-0.3, -0.25) is 9.78 Å². The van der Waals surface area contributed by atoms with Gasteiger partial charge in [0.15, 0.2) is 0 Å². The SMILES string of the molecule is COc1ncccc1C(=O)N(C)Cc1ncc(C)c(OC)c1C. The van der Waals surface area contributed by atoms with Crippen molar-refractivity contribution in [2.45, 2.75) is 20.4 Å². The molecule has 0 aliphatic carbocycles. The number of rotatable bonds is 5. The summed E-state index contributed by atoms with van der Waals surface area (Å²) in [4.78, 5) is 22.7. The molecule has 0 saturated carbocycles. The molecular weight excluding hydrogens is 294 g/mol. The fourth-order valence-corrected chi connectivity index (χ4v) is 2.45. The molecule has 2 rings (SSSR count). The summed E-state index contributed by atoms with van der Waals surface area (Å²) in [5, 5.41) is 0. The van der Waals surface area contributed by atoms with Crippen LogP contribution in [0.25, 0.3) is 0 Å². The molecule has 23 heavy (non-hydrogen) atoms. The highest BCUT2D eigenvalue weighted by Gasteiger charge is 2.19. The maximum absolute atomic E-state index is 12.6. The van der Waals surface area contributed by atoms with Gasteiger partial charge in [0.05, 0.1) is 26.5 Å². The van der Waals surface area contributed by atoms with Crippen molar-refractivity contribution in [1.29, 1.82) is 0 Å². The molecule has 122 valence electrons. The zero-order valence-electron chi connectivity index (χ0n) is 14.1. The predicted octanol–water partition coefficient (Wildman–Crippen LogP) is 2.38. The maximum Gasteiger partial charge on any atom is 0.259 e. The molecule has 6 heteroatoms. The van der Waals surface area contributed by atoms with E-state index in [-0.39, 0.29) is 5.91 Å². The first-order valence-electron chi connectivity index (χ1n) is 7.23. The van der Waals surface area contributed by atoms with Crippen LogP contribution in [0.5, 0.6) is 11.6 Å². The van der Waals surface area contributed by atoms with Crippen LogP contribution in [0, 0.1) is 13.8 Å². The molecule has 0 fully saturated rings. The molecular formula is C17H21N3O3. The Balaban J connectivity index is 2.25. The van der Waals surface area contributed by atoms with E-state index in [0.717, 1.165) is 22.6 Å². The van der Waals surface area contributed by atoms with Gasteiger partial charge in [0, 0.05) is 30.6 Å². The number of methoxy groups -OCH3 is 2. The summed E-state index contributed by atoms with van der Waals surface area (Å²) in [6, 6.07) is 3.41. The Hall–Kier alpha value is -2.63. The highest BCUT2D eigenvalue weighted by molar-refractivity contribution is 5.96. The van der Waals surface area contributed by atoms with Crippen molar-refractivity contribution in [2.24, 2.45) is 0 Å². The van der Waals surface area contributed by atoms with E-state index in [9.17, 15) is 4.79 Å². The van der Waals surface area contributed by atoms with Crippen LogP contribution in [0.2, 0.25) is 0 Å². The highest BCUT2D eigenvalue weighted by atomic mass is 16.5. The molecule has 0 saturated heterocycles. The number of amides is 1. The van der Waals surface area contributed by atoms with E-state index >= 15 is 0 Å². The minimum absolute atomic E-state index is 0.171. The van der Waals surface area contributed by atoms with Gasteiger partial charge >= 0.3 is 0 Å². The van der Waals surface area contributed by atoms with Crippen LogP contribution in [0.1, 0.15) is 27.2 Å². The van der Waals surface area contributed by atoms with Crippen molar-refractivity contribution in [2.75, 3.05) is 21.3 Å². The average Bonchev–Trinajstić information content (AvgIpc) is 2.57. The Morgan fingerprint density at radius 3 is 2.61 bits per heavy atom. The van der Waals surface area contributed by atoms with E-state index < -0.39 is 0 Å². The van der Waals surface area contributed by atoms with Crippen molar-refractivity contribution in [3.8, 4) is 11.6 Å². The Morgan fingerprint density at radius 1 is 1.22 bits per heavy atom. The quantitative estimate of drug-likeness (QED) is 0.847. The average molecular weight is 315 g/mol. The third kappa shape index (κ3) is 3.41. The van der Waals surface area contributed by atoms with Gasteiger partial charge in [-0.2, -0.15) is 0 Å². The normalized spacial score (nSPS) is 10.3. The number of pyridine rings is 2. The van der Waals surface area contributed by atoms with E-state index in [1.165, 1.54) is 7.11 Å². The van der Waals surface area contributed by atoms with Gasteiger partial charge in [0.2, 0.25) is 5.88 Å². The molecule has 2 aromatic heterocycles. The molecule has 0 N–H and O–H groups in total. The molecule has 0 aromatic carbocycles. The number of aryl methyl sites for hydroxylation is 1. The van der Waals surface area contributed by atoms with Crippen LogP contribution < -0.4 is 9.47 Å². The van der Waals surface area contributed by atoms with Crippen LogP contribution in [-0.4, -0.2) is 42.0 Å². The van der Waals surface area contributed by atoms with E-state index in [4.69, 9.17) is 9.47 Å². The van der Waals surface area contributed by atoms with E-state index in [1.54, 1.807) is 43.6 Å². The Morgan fingerprint density at radius 2 is 1.96 bits per heavy atom. The van der Waals surface area contributed by atoms with Crippen molar-refractivity contribution >= 4 is 5.91 Å². The van der Waals surface area contributed by atoms with Crippen molar-refractivity contribution in [3.63, 3.8) is 0 Å². The topological polar surface area (TPSA) is 64.5 Å². The number of aromatic nitrogens is 2. The molecule has 2 heterocycles. The summed E-state index contributed by atoms with van der Waals surface area (Å²) in [6.45, 7) is 4.26. The molecule has 6 nitrogen and oxygen atoms in total. The fourth-order valence-electron chi connectivity index (χ4n) is 2.45. The second-order valence-electron chi connectivity index (χ2n) is 5.27. The molecule has 0 atom stereocenters. The van der Waals surface area contributed by atoms with E-state index in [0.29, 0.717) is 18.0 Å². The Kier molecular flexibility index (Phi) is 5.16. The second-order valence-corrected chi connectivity index (χ2v) is 5.27. The van der Waals surface area contributed by atoms with Gasteiger partial charge < -0.3 is 14.4 Å². The lowest BCUT2D eigenvalue weighted by Crippen LogP contribution is -2.27. The van der Waals surface area contributed by atoms with Crippen molar-refractivity contribution < 1.29 is 14.3 Å². The van der Waals surface area contributed by atoms with E-state index in [1.807, 2.05) is 13.8 Å². The van der Waals surface area contributed by atoms with Crippen LogP contribution in [0.4, 0.5) is 0 Å². The summed E-state index contributed by atoms with van der Waals surface area (Å²) < 4.78 is 10.6. The zero-order valence-corrected chi connectivity index (χ0v) is 14.1. The highest BCUT2D eigenvalue weighted by Crippen LogP contribution is 2.25. The minimum atomic E-state index is -0.171. The van der Waals surface area contributed by atoms with Crippen LogP contribution in [0.15, 0.2) is 24.5 Å². The first kappa shape index (κ1) is 16.7. The second kappa shape index (κ2) is 7.09. The number of hydrogen-bond acceptors (Lipinski definition) is 5. The number of carbonyl (C=O) groups excluding carboxylic acids is 1. The lowest BCUT2D eigenvalue weighted by Gasteiger charge is -2.20. The third-order valence-electron chi connectivity index (χ3n) is 3.68. The fraction of sp³-hybridized carbons (Fsp3) is 0.353. The van der Waals surface area contributed by atoms with Gasteiger partial charge in [-0.05, 0) is 26.0 Å². The maximum atomic E-state index is 12.6. The smallest absolute Gasteiger partial charge is 0.259 e. The predicted molar refractivity (Wildman–Crippen MR) is 86.8 cm³/mol. The van der Waals surface area contributed by atoms with Gasteiger partial charge in [-0.25, -0.2) is 4.98 Å². The largest absolute Gasteiger partial charge is 0.496 e. The standard InChI is InChI=1S/C17H21N3O3/c1-11-9-19-14(12(2)15(11)22-4)10-20(3)17(21)13-7-6-8-18-16(13)23-5/h6-9H,10H2,1-5H3. The van der Waals surface area contributed by atoms with E-state index in [2.05, 4.69) is 9.97 Å². The molecule has 0 aliphatic heterocycles. The monoisotopic (exact) mass is 315 g/mol. The third-order valence-corrected chi connectivity index (χ3v) is 3.68. The van der Waals surface area contributed by atoms with Crippen LogP contribution >= 0.6 is 0 Å². The summed E-state index contributed by atoms with van der Waals surface area (Å²) in [7, 11) is 4.85. The van der Waals surface area contributed by atoms with Crippen molar-refractivity contribution in [1.82, 2.24) is 14.9 Å². The number of hydrogen-bond donors (Lipinski definition) is 0. The summed E-state index contributed by atoms with van der Waals surface area (Å²) in [5.74, 6) is 0.945. The summed E-state index contributed by atoms with van der Waals surface area (Å²) in [5.41, 5.74) is 3.13. The first-order valence-corrected chi connectivity index (χ1v) is 7.23. The van der Waals surface area contributed by atoms with Gasteiger partial charge in [0.1, 0.15) is 11.3 Å². The van der Waals surface area contributed by atoms with Gasteiger partial charge in [-0.1, -0.05) is 0 Å². The summed E-state index contributed by atoms with van der Waals surface area (Å²) >= 11 is 0. The lowest BCUT2D eigenvalue weighted by molar-refractivity contribution is 0.0779. The first-order chi connectivity index (χ1) is 11.0. The molecule has 1 amide bonds. The lowest BCUT2D eigenvalue weighted by atomic mass is 10.1. The van der Waals surface area contributed by atoms with Gasteiger partial charge in [0.25, 0.3) is 5.91 Å². The molecule has 2 aromatic rings. The van der Waals surface area contributed by atoms with Crippen LogP contribution in [0.3, 0.4) is 0 Å². The number of carbonyl (C=O) groups is 1. The molecule has 0 radical (unpaired) electrons. The number of ether oxygens (including phenoxy) is 2.